The van der Waals surface area contributed by atoms with E-state index in [-0.39, 0.29) is 10.2 Å². The third kappa shape index (κ3) is 4.07. The maximum Gasteiger partial charge on any atom is 0.194 e. The number of thiocarbonyl (C=S) groups is 2. The van der Waals surface area contributed by atoms with Gasteiger partial charge in [-0.3, -0.25) is 5.21 Å². The molecule has 1 aromatic carbocycles. The van der Waals surface area contributed by atoms with Crippen LogP contribution in [0.3, 0.4) is 0 Å². The zero-order valence-electron chi connectivity index (χ0n) is 7.65. The Morgan fingerprint density at radius 2 is 1.53 bits per heavy atom. The molecule has 7 heteroatoms. The minimum absolute atomic E-state index is 0.130. The number of nitrogens with two attached hydrogens (primary N) is 1. The average Bonchev–Trinajstić information content (AvgIpc) is 2.20. The molecule has 0 aliphatic heterocycles. The monoisotopic (exact) mass is 242 g/mol. The average molecular weight is 242 g/mol. The normalized spacial score (nSPS) is 9.13. The number of hydrogen-bond donors (Lipinski definition) is 5. The molecule has 5 nitrogen and oxygen atoms in total. The second kappa shape index (κ2) is 5.44. The Bertz CT molecular complexity index is 365. The molecule has 0 saturated heterocycles. The molecule has 15 heavy (non-hydrogen) atoms. The zero-order chi connectivity index (χ0) is 11.3. The van der Waals surface area contributed by atoms with Gasteiger partial charge in [-0.1, -0.05) is 0 Å². The molecule has 0 bridgehead atoms. The summed E-state index contributed by atoms with van der Waals surface area (Å²) in [7, 11) is 0. The molecule has 1 aromatic rings. The molecule has 0 amide bonds. The van der Waals surface area contributed by atoms with Crippen molar-refractivity contribution in [2.24, 2.45) is 5.73 Å². The molecule has 0 aliphatic rings. The highest BCUT2D eigenvalue weighted by molar-refractivity contribution is 7.80. The molecule has 0 radical (unpaired) electrons. The van der Waals surface area contributed by atoms with Crippen molar-refractivity contribution >= 4 is 46.0 Å². The highest BCUT2D eigenvalue weighted by atomic mass is 32.1. The predicted molar refractivity (Wildman–Crippen MR) is 68.0 cm³/mol. The summed E-state index contributed by atoms with van der Waals surface area (Å²) >= 11 is 9.40. The van der Waals surface area contributed by atoms with Crippen LogP contribution in [0.4, 0.5) is 11.4 Å². The van der Waals surface area contributed by atoms with E-state index in [2.05, 4.69) is 22.9 Å². The minimum atomic E-state index is 0.130. The number of benzene rings is 1. The predicted octanol–water partition coefficient (Wildman–Crippen LogP) is 1.02. The van der Waals surface area contributed by atoms with Crippen LogP contribution in [-0.2, 0) is 0 Å². The van der Waals surface area contributed by atoms with Gasteiger partial charge in [-0.2, -0.15) is 0 Å². The lowest BCUT2D eigenvalue weighted by Gasteiger charge is -2.07. The smallest absolute Gasteiger partial charge is 0.194 e. The number of hydroxylamine groups is 1. The van der Waals surface area contributed by atoms with Gasteiger partial charge in [0.05, 0.1) is 0 Å². The summed E-state index contributed by atoms with van der Waals surface area (Å²) in [4.78, 5) is 0. The fourth-order valence-electron chi connectivity index (χ4n) is 0.938. The van der Waals surface area contributed by atoms with Crippen molar-refractivity contribution in [3.8, 4) is 0 Å². The second-order valence-electron chi connectivity index (χ2n) is 2.63. The fraction of sp³-hybridized carbons (Fsp3) is 0. The van der Waals surface area contributed by atoms with Crippen LogP contribution in [-0.4, -0.2) is 15.4 Å². The highest BCUT2D eigenvalue weighted by Crippen LogP contribution is 2.12. The quantitative estimate of drug-likeness (QED) is 0.391. The molecule has 0 unspecified atom stereocenters. The Labute approximate surface area is 97.6 Å². The molecule has 0 heterocycles. The largest absolute Gasteiger partial charge is 0.376 e. The molecule has 0 atom stereocenters. The number of anilines is 2. The van der Waals surface area contributed by atoms with Gasteiger partial charge in [-0.15, -0.1) is 0 Å². The Kier molecular flexibility index (Phi) is 4.22. The molecular formula is C8H10N4OS2. The van der Waals surface area contributed by atoms with Gasteiger partial charge in [-0.05, 0) is 48.7 Å². The number of nitrogens with one attached hydrogen (secondary N) is 3. The van der Waals surface area contributed by atoms with E-state index in [1.807, 2.05) is 5.48 Å². The molecule has 0 saturated carbocycles. The Morgan fingerprint density at radius 1 is 1.07 bits per heavy atom. The van der Waals surface area contributed by atoms with E-state index in [4.69, 9.17) is 23.2 Å². The Balaban J connectivity index is 2.64. The number of rotatable bonds is 2. The van der Waals surface area contributed by atoms with Crippen molar-refractivity contribution in [1.82, 2.24) is 5.48 Å². The molecule has 0 aromatic heterocycles. The summed E-state index contributed by atoms with van der Waals surface area (Å²) in [6, 6.07) is 7.09. The lowest BCUT2D eigenvalue weighted by atomic mass is 10.3. The van der Waals surface area contributed by atoms with E-state index >= 15 is 0 Å². The van der Waals surface area contributed by atoms with Crippen LogP contribution in [0.1, 0.15) is 0 Å². The topological polar surface area (TPSA) is 82.3 Å². The molecule has 80 valence electrons. The minimum Gasteiger partial charge on any atom is -0.376 e. The molecular weight excluding hydrogens is 232 g/mol. The molecule has 0 aliphatic carbocycles. The lowest BCUT2D eigenvalue weighted by Crippen LogP contribution is -2.24. The van der Waals surface area contributed by atoms with E-state index in [1.165, 1.54) is 0 Å². The summed E-state index contributed by atoms with van der Waals surface area (Å²) in [5.41, 5.74) is 8.66. The Hall–Kier alpha value is -1.44. The Morgan fingerprint density at radius 3 is 1.93 bits per heavy atom. The van der Waals surface area contributed by atoms with Gasteiger partial charge in [0.2, 0.25) is 0 Å². The van der Waals surface area contributed by atoms with Crippen molar-refractivity contribution in [1.29, 1.82) is 0 Å². The standard InChI is InChI=1S/C8H10N4OS2/c9-7(14)10-5-1-3-6(4-2-5)11-8(15)12-13/h1-4,13H,(H3,9,10,14)(H2,11,12,15). The van der Waals surface area contributed by atoms with E-state index in [0.29, 0.717) is 0 Å². The summed E-state index contributed by atoms with van der Waals surface area (Å²) in [5.74, 6) is 0. The van der Waals surface area contributed by atoms with Crippen molar-refractivity contribution in [3.63, 3.8) is 0 Å². The summed E-state index contributed by atoms with van der Waals surface area (Å²) in [6.45, 7) is 0. The van der Waals surface area contributed by atoms with Crippen LogP contribution in [0.2, 0.25) is 0 Å². The van der Waals surface area contributed by atoms with Gasteiger partial charge in [0.1, 0.15) is 0 Å². The summed E-state index contributed by atoms with van der Waals surface area (Å²) < 4.78 is 0. The zero-order valence-corrected chi connectivity index (χ0v) is 9.28. The van der Waals surface area contributed by atoms with Crippen molar-refractivity contribution in [2.45, 2.75) is 0 Å². The van der Waals surface area contributed by atoms with Crippen molar-refractivity contribution in [2.75, 3.05) is 10.6 Å². The first-order chi connectivity index (χ1) is 7.11. The van der Waals surface area contributed by atoms with E-state index in [0.717, 1.165) is 11.4 Å². The molecule has 0 fully saturated rings. The van der Waals surface area contributed by atoms with Crippen LogP contribution >= 0.6 is 24.4 Å². The lowest BCUT2D eigenvalue weighted by molar-refractivity contribution is 0.237. The van der Waals surface area contributed by atoms with Crippen LogP contribution in [0.15, 0.2) is 24.3 Å². The van der Waals surface area contributed by atoms with Gasteiger partial charge >= 0.3 is 0 Å². The first-order valence-electron chi connectivity index (χ1n) is 3.99. The number of hydrogen-bond acceptors (Lipinski definition) is 3. The van der Waals surface area contributed by atoms with Crippen molar-refractivity contribution in [3.05, 3.63) is 24.3 Å². The van der Waals surface area contributed by atoms with Gasteiger partial charge in [0.15, 0.2) is 10.2 Å². The van der Waals surface area contributed by atoms with Gasteiger partial charge < -0.3 is 16.4 Å². The first kappa shape index (κ1) is 11.6. The van der Waals surface area contributed by atoms with E-state index < -0.39 is 0 Å². The van der Waals surface area contributed by atoms with E-state index in [9.17, 15) is 0 Å². The third-order valence-electron chi connectivity index (χ3n) is 1.51. The highest BCUT2D eigenvalue weighted by Gasteiger charge is 1.96. The summed E-state index contributed by atoms with van der Waals surface area (Å²) in [5, 5.41) is 14.3. The molecule has 0 spiro atoms. The van der Waals surface area contributed by atoms with E-state index in [1.54, 1.807) is 24.3 Å². The van der Waals surface area contributed by atoms with Gasteiger partial charge in [-0.25, -0.2) is 5.48 Å². The SMILES string of the molecule is NC(=S)Nc1ccc(NC(=S)NO)cc1. The van der Waals surface area contributed by atoms with Crippen LogP contribution in [0.5, 0.6) is 0 Å². The first-order valence-corrected chi connectivity index (χ1v) is 4.81. The van der Waals surface area contributed by atoms with Crippen LogP contribution in [0, 0.1) is 0 Å². The van der Waals surface area contributed by atoms with Gasteiger partial charge in [0.25, 0.3) is 0 Å². The molecule has 1 rings (SSSR count). The summed E-state index contributed by atoms with van der Waals surface area (Å²) in [6.07, 6.45) is 0. The second-order valence-corrected chi connectivity index (χ2v) is 3.48. The fourth-order valence-corrected chi connectivity index (χ4v) is 1.17. The molecule has 6 N–H and O–H groups in total. The third-order valence-corrected chi connectivity index (χ3v) is 1.81. The van der Waals surface area contributed by atoms with Crippen LogP contribution in [0.25, 0.3) is 0 Å². The maximum absolute atomic E-state index is 8.47. The maximum atomic E-state index is 8.47. The van der Waals surface area contributed by atoms with Crippen LogP contribution < -0.4 is 21.8 Å². The van der Waals surface area contributed by atoms with Crippen molar-refractivity contribution < 1.29 is 5.21 Å². The van der Waals surface area contributed by atoms with Gasteiger partial charge in [0, 0.05) is 11.4 Å².